The molecule has 1 atom stereocenters. The van der Waals surface area contributed by atoms with Crippen molar-refractivity contribution >= 4 is 11.3 Å². The van der Waals surface area contributed by atoms with Crippen LogP contribution in [0, 0.1) is 11.8 Å². The summed E-state index contributed by atoms with van der Waals surface area (Å²) in [7, 11) is 2.02. The maximum atomic E-state index is 4.09. The minimum Gasteiger partial charge on any atom is -0.319 e. The van der Waals surface area contributed by atoms with Gasteiger partial charge in [0.15, 0.2) is 0 Å². The molecule has 0 amide bonds. The number of hydrogen-bond acceptors (Lipinski definition) is 3. The first-order chi connectivity index (χ1) is 6.24. The van der Waals surface area contributed by atoms with Gasteiger partial charge in [0.1, 0.15) is 0 Å². The van der Waals surface area contributed by atoms with Gasteiger partial charge in [-0.1, -0.05) is 13.8 Å². The van der Waals surface area contributed by atoms with E-state index in [1.807, 2.05) is 18.8 Å². The van der Waals surface area contributed by atoms with Crippen LogP contribution in [0.5, 0.6) is 0 Å². The summed E-state index contributed by atoms with van der Waals surface area (Å²) in [6.45, 7) is 5.65. The van der Waals surface area contributed by atoms with Gasteiger partial charge in [0.05, 0.1) is 5.51 Å². The molecule has 0 radical (unpaired) electrons. The largest absolute Gasteiger partial charge is 0.319 e. The molecule has 0 saturated heterocycles. The molecule has 0 aromatic carbocycles. The van der Waals surface area contributed by atoms with E-state index >= 15 is 0 Å². The van der Waals surface area contributed by atoms with Crippen molar-refractivity contribution in [3.63, 3.8) is 0 Å². The molecule has 13 heavy (non-hydrogen) atoms. The minimum atomic E-state index is 0.727. The fourth-order valence-corrected chi connectivity index (χ4v) is 2.10. The maximum absolute atomic E-state index is 4.09. The number of rotatable bonds is 5. The van der Waals surface area contributed by atoms with Gasteiger partial charge in [-0.15, -0.1) is 11.3 Å². The van der Waals surface area contributed by atoms with Crippen LogP contribution >= 0.6 is 11.3 Å². The first-order valence-electron chi connectivity index (χ1n) is 4.76. The molecule has 1 N–H and O–H groups in total. The molecule has 0 aliphatic carbocycles. The molecule has 0 aliphatic heterocycles. The standard InChI is InChI=1S/C10H18N2S/c1-8(2)9(5-11-3)4-10-6-12-7-13-10/h6-9,11H,4-5H2,1-3H3. The van der Waals surface area contributed by atoms with Crippen molar-refractivity contribution in [2.24, 2.45) is 11.8 Å². The topological polar surface area (TPSA) is 24.9 Å². The Labute approximate surface area is 84.4 Å². The van der Waals surface area contributed by atoms with E-state index in [9.17, 15) is 0 Å². The quantitative estimate of drug-likeness (QED) is 0.784. The van der Waals surface area contributed by atoms with Crippen LogP contribution in [0.1, 0.15) is 18.7 Å². The zero-order chi connectivity index (χ0) is 9.68. The molecular formula is C10H18N2S. The Bertz CT molecular complexity index is 219. The molecular weight excluding hydrogens is 180 g/mol. The third kappa shape index (κ3) is 3.44. The fourth-order valence-electron chi connectivity index (χ4n) is 1.41. The second-order valence-corrected chi connectivity index (χ2v) is 4.70. The predicted octanol–water partition coefficient (Wildman–Crippen LogP) is 2.18. The summed E-state index contributed by atoms with van der Waals surface area (Å²) < 4.78 is 0. The van der Waals surface area contributed by atoms with Crippen LogP contribution in [0.2, 0.25) is 0 Å². The average Bonchev–Trinajstić information content (AvgIpc) is 2.56. The van der Waals surface area contributed by atoms with Crippen LogP contribution in [0.15, 0.2) is 11.7 Å². The van der Waals surface area contributed by atoms with Crippen LogP contribution in [0.3, 0.4) is 0 Å². The maximum Gasteiger partial charge on any atom is 0.0794 e. The van der Waals surface area contributed by atoms with Crippen molar-refractivity contribution in [1.29, 1.82) is 0 Å². The summed E-state index contributed by atoms with van der Waals surface area (Å²) in [5.74, 6) is 1.46. The molecule has 1 aromatic rings. The summed E-state index contributed by atoms with van der Waals surface area (Å²) >= 11 is 1.76. The van der Waals surface area contributed by atoms with Gasteiger partial charge in [-0.05, 0) is 31.8 Å². The van der Waals surface area contributed by atoms with Gasteiger partial charge in [0.25, 0.3) is 0 Å². The summed E-state index contributed by atoms with van der Waals surface area (Å²) in [5.41, 5.74) is 1.91. The predicted molar refractivity (Wildman–Crippen MR) is 58.1 cm³/mol. The summed E-state index contributed by atoms with van der Waals surface area (Å²) in [4.78, 5) is 5.49. The third-order valence-electron chi connectivity index (χ3n) is 2.36. The van der Waals surface area contributed by atoms with Crippen LogP contribution in [-0.2, 0) is 6.42 Å². The molecule has 2 nitrogen and oxygen atoms in total. The lowest BCUT2D eigenvalue weighted by molar-refractivity contribution is 0.372. The highest BCUT2D eigenvalue weighted by Crippen LogP contribution is 2.18. The van der Waals surface area contributed by atoms with Gasteiger partial charge in [0, 0.05) is 11.1 Å². The number of nitrogens with one attached hydrogen (secondary N) is 1. The van der Waals surface area contributed by atoms with E-state index in [4.69, 9.17) is 0 Å². The zero-order valence-electron chi connectivity index (χ0n) is 8.58. The van der Waals surface area contributed by atoms with Crippen LogP contribution in [0.4, 0.5) is 0 Å². The lowest BCUT2D eigenvalue weighted by atomic mass is 9.92. The molecule has 1 aromatic heterocycles. The fraction of sp³-hybridized carbons (Fsp3) is 0.700. The van der Waals surface area contributed by atoms with E-state index in [2.05, 4.69) is 24.1 Å². The van der Waals surface area contributed by atoms with E-state index in [1.54, 1.807) is 11.3 Å². The Kier molecular flexibility index (Phi) is 4.39. The molecule has 3 heteroatoms. The lowest BCUT2D eigenvalue weighted by Crippen LogP contribution is -2.24. The van der Waals surface area contributed by atoms with Gasteiger partial charge in [-0.25, -0.2) is 0 Å². The number of nitrogens with zero attached hydrogens (tertiary/aromatic N) is 1. The Hall–Kier alpha value is -0.410. The van der Waals surface area contributed by atoms with Gasteiger partial charge >= 0.3 is 0 Å². The van der Waals surface area contributed by atoms with Crippen LogP contribution in [-0.4, -0.2) is 18.6 Å². The van der Waals surface area contributed by atoms with Gasteiger partial charge in [0.2, 0.25) is 0 Å². The number of thiazole rings is 1. The third-order valence-corrected chi connectivity index (χ3v) is 3.16. The molecule has 1 rings (SSSR count). The minimum absolute atomic E-state index is 0.727. The van der Waals surface area contributed by atoms with Gasteiger partial charge in [-0.3, -0.25) is 4.98 Å². The summed E-state index contributed by atoms with van der Waals surface area (Å²) in [5, 5.41) is 3.25. The summed E-state index contributed by atoms with van der Waals surface area (Å²) in [6.07, 6.45) is 3.14. The second-order valence-electron chi connectivity index (χ2n) is 3.73. The van der Waals surface area contributed by atoms with E-state index in [0.29, 0.717) is 0 Å². The van der Waals surface area contributed by atoms with Crippen molar-refractivity contribution in [3.05, 3.63) is 16.6 Å². The molecule has 74 valence electrons. The first kappa shape index (κ1) is 10.7. The number of aromatic nitrogens is 1. The molecule has 0 saturated carbocycles. The lowest BCUT2D eigenvalue weighted by Gasteiger charge is -2.19. The van der Waals surface area contributed by atoms with Crippen molar-refractivity contribution in [2.75, 3.05) is 13.6 Å². The highest BCUT2D eigenvalue weighted by molar-refractivity contribution is 7.09. The van der Waals surface area contributed by atoms with Crippen molar-refractivity contribution in [1.82, 2.24) is 10.3 Å². The molecule has 1 heterocycles. The Morgan fingerprint density at radius 3 is 2.77 bits per heavy atom. The molecule has 0 bridgehead atoms. The zero-order valence-corrected chi connectivity index (χ0v) is 9.40. The molecule has 0 spiro atoms. The molecule has 0 fully saturated rings. The first-order valence-corrected chi connectivity index (χ1v) is 5.64. The molecule has 1 unspecified atom stereocenters. The normalized spacial score (nSPS) is 13.5. The van der Waals surface area contributed by atoms with Crippen molar-refractivity contribution in [2.45, 2.75) is 20.3 Å². The summed E-state index contributed by atoms with van der Waals surface area (Å²) in [6, 6.07) is 0. The second kappa shape index (κ2) is 5.35. The van der Waals surface area contributed by atoms with Crippen molar-refractivity contribution in [3.8, 4) is 0 Å². The average molecular weight is 198 g/mol. The highest BCUT2D eigenvalue weighted by Gasteiger charge is 2.13. The van der Waals surface area contributed by atoms with Crippen LogP contribution in [0.25, 0.3) is 0 Å². The molecule has 0 aliphatic rings. The Morgan fingerprint density at radius 1 is 1.54 bits per heavy atom. The SMILES string of the molecule is CNCC(Cc1cncs1)C(C)C. The van der Waals surface area contributed by atoms with Crippen LogP contribution < -0.4 is 5.32 Å². The van der Waals surface area contributed by atoms with Gasteiger partial charge in [-0.2, -0.15) is 0 Å². The Morgan fingerprint density at radius 2 is 2.31 bits per heavy atom. The van der Waals surface area contributed by atoms with Gasteiger partial charge < -0.3 is 5.32 Å². The number of hydrogen-bond donors (Lipinski definition) is 1. The smallest absolute Gasteiger partial charge is 0.0794 e. The Balaban J connectivity index is 2.47. The van der Waals surface area contributed by atoms with E-state index in [-0.39, 0.29) is 0 Å². The van der Waals surface area contributed by atoms with Crippen molar-refractivity contribution < 1.29 is 0 Å². The van der Waals surface area contributed by atoms with E-state index in [1.165, 1.54) is 4.88 Å². The monoisotopic (exact) mass is 198 g/mol. The van der Waals surface area contributed by atoms with E-state index in [0.717, 1.165) is 24.8 Å². The van der Waals surface area contributed by atoms with E-state index < -0.39 is 0 Å². The highest BCUT2D eigenvalue weighted by atomic mass is 32.1.